The molecule has 37 heavy (non-hydrogen) atoms. The molecule has 12 heteroatoms. The maximum Gasteiger partial charge on any atom is 0.573 e. The average Bonchev–Trinajstić information content (AvgIpc) is 3.62. The van der Waals surface area contributed by atoms with Gasteiger partial charge in [-0.1, -0.05) is 17.7 Å². The van der Waals surface area contributed by atoms with Gasteiger partial charge in [0.25, 0.3) is 11.8 Å². The number of nitrogens with zero attached hydrogens (tertiary/aromatic N) is 3. The van der Waals surface area contributed by atoms with E-state index in [0.717, 1.165) is 17.0 Å². The number of amides is 4. The standard InChI is InChI=1S/C25H18ClF3N4O4/c26-17-3-1-2-15(12-17)21(34)31-20-13-30-11-8-16(20)14-32-23(36)33(22(35)24(32)9-10-24)18-4-6-19(7-5-18)37-25(27,28)29/h1-8,11-13H,9-10,14H2,(H,31,34). The molecule has 2 aromatic carbocycles. The van der Waals surface area contributed by atoms with Gasteiger partial charge in [0, 0.05) is 16.8 Å². The molecule has 0 unspecified atom stereocenters. The lowest BCUT2D eigenvalue weighted by Gasteiger charge is -2.22. The number of carbonyl (C=O) groups excluding carboxylic acids is 3. The summed E-state index contributed by atoms with van der Waals surface area (Å²) in [6, 6.07) is 11.9. The van der Waals surface area contributed by atoms with Gasteiger partial charge in [0.1, 0.15) is 11.3 Å². The lowest BCUT2D eigenvalue weighted by atomic mass is 10.1. The van der Waals surface area contributed by atoms with E-state index in [1.165, 1.54) is 35.5 Å². The number of hydrogen-bond donors (Lipinski definition) is 1. The molecular formula is C25H18ClF3N4O4. The number of aromatic nitrogens is 1. The fraction of sp³-hybridized carbons (Fsp3) is 0.200. The fourth-order valence-electron chi connectivity index (χ4n) is 4.23. The van der Waals surface area contributed by atoms with E-state index in [9.17, 15) is 27.6 Å². The van der Waals surface area contributed by atoms with E-state index in [0.29, 0.717) is 34.7 Å². The molecule has 2 aliphatic rings. The molecule has 0 bridgehead atoms. The highest BCUT2D eigenvalue weighted by Gasteiger charge is 2.65. The maximum absolute atomic E-state index is 13.4. The van der Waals surface area contributed by atoms with Gasteiger partial charge in [-0.05, 0) is 66.9 Å². The first-order chi connectivity index (χ1) is 17.6. The van der Waals surface area contributed by atoms with Crippen molar-refractivity contribution in [2.24, 2.45) is 0 Å². The van der Waals surface area contributed by atoms with E-state index in [1.54, 1.807) is 24.3 Å². The zero-order chi connectivity index (χ0) is 26.4. The predicted octanol–water partition coefficient (Wildman–Crippen LogP) is 5.39. The molecule has 1 aromatic heterocycles. The summed E-state index contributed by atoms with van der Waals surface area (Å²) in [5.41, 5.74) is 0.319. The van der Waals surface area contributed by atoms with Crippen LogP contribution in [0, 0.1) is 0 Å². The van der Waals surface area contributed by atoms with Crippen molar-refractivity contribution in [1.82, 2.24) is 9.88 Å². The van der Waals surface area contributed by atoms with Crippen LogP contribution in [0.4, 0.5) is 29.3 Å². The van der Waals surface area contributed by atoms with Crippen LogP contribution in [-0.4, -0.2) is 39.6 Å². The highest BCUT2D eigenvalue weighted by Crippen LogP contribution is 2.50. The number of benzene rings is 2. The van der Waals surface area contributed by atoms with Crippen LogP contribution < -0.4 is 15.0 Å². The van der Waals surface area contributed by atoms with Crippen LogP contribution in [0.25, 0.3) is 0 Å². The monoisotopic (exact) mass is 530 g/mol. The Balaban J connectivity index is 1.38. The second kappa shape index (κ2) is 9.07. The summed E-state index contributed by atoms with van der Waals surface area (Å²) in [6.07, 6.45) is -1.03. The van der Waals surface area contributed by atoms with Crippen molar-refractivity contribution < 1.29 is 32.3 Å². The number of nitrogens with one attached hydrogen (secondary N) is 1. The topological polar surface area (TPSA) is 91.8 Å². The second-order valence-corrected chi connectivity index (χ2v) is 9.02. The zero-order valence-electron chi connectivity index (χ0n) is 19.0. The third kappa shape index (κ3) is 4.82. The van der Waals surface area contributed by atoms with Gasteiger partial charge in [-0.15, -0.1) is 13.2 Å². The first-order valence-corrected chi connectivity index (χ1v) is 11.5. The molecule has 1 saturated carbocycles. The van der Waals surface area contributed by atoms with E-state index < -0.39 is 35.5 Å². The van der Waals surface area contributed by atoms with Crippen molar-refractivity contribution in [1.29, 1.82) is 0 Å². The van der Waals surface area contributed by atoms with Crippen LogP contribution in [-0.2, 0) is 11.3 Å². The summed E-state index contributed by atoms with van der Waals surface area (Å²) in [5, 5.41) is 3.16. The van der Waals surface area contributed by atoms with Crippen molar-refractivity contribution in [3.05, 3.63) is 83.1 Å². The molecule has 1 spiro atoms. The molecule has 1 aliphatic heterocycles. The van der Waals surface area contributed by atoms with Gasteiger partial charge in [0.15, 0.2) is 0 Å². The van der Waals surface area contributed by atoms with Crippen LogP contribution in [0.2, 0.25) is 5.02 Å². The smallest absolute Gasteiger partial charge is 0.406 e. The summed E-state index contributed by atoms with van der Waals surface area (Å²) in [6.45, 7) is 0.00399. The SMILES string of the molecule is O=C(Nc1cnccc1CN1C(=O)N(c2ccc(OC(F)(F)F)cc2)C(=O)C12CC2)c1cccc(Cl)c1. The highest BCUT2D eigenvalue weighted by atomic mass is 35.5. The number of anilines is 2. The summed E-state index contributed by atoms with van der Waals surface area (Å²) in [5.74, 6) is -1.35. The fourth-order valence-corrected chi connectivity index (χ4v) is 4.42. The second-order valence-electron chi connectivity index (χ2n) is 8.58. The summed E-state index contributed by atoms with van der Waals surface area (Å²) in [4.78, 5) is 45.8. The van der Waals surface area contributed by atoms with Crippen molar-refractivity contribution in [2.75, 3.05) is 10.2 Å². The third-order valence-corrected chi connectivity index (χ3v) is 6.40. The first kappa shape index (κ1) is 24.6. The van der Waals surface area contributed by atoms with Crippen LogP contribution in [0.5, 0.6) is 5.75 Å². The molecule has 3 aromatic rings. The number of halogens is 4. The third-order valence-electron chi connectivity index (χ3n) is 6.17. The molecule has 1 saturated heterocycles. The van der Waals surface area contributed by atoms with Crippen LogP contribution in [0.3, 0.4) is 0 Å². The number of rotatable bonds is 6. The average molecular weight is 531 g/mol. The Labute approximate surface area is 213 Å². The zero-order valence-corrected chi connectivity index (χ0v) is 19.7. The molecule has 0 atom stereocenters. The minimum absolute atomic E-state index is 0.00399. The normalized spacial score (nSPS) is 16.3. The van der Waals surface area contributed by atoms with Gasteiger partial charge in [-0.3, -0.25) is 14.6 Å². The Kier molecular flexibility index (Phi) is 6.03. The highest BCUT2D eigenvalue weighted by molar-refractivity contribution is 6.31. The first-order valence-electron chi connectivity index (χ1n) is 11.1. The number of ether oxygens (including phenoxy) is 1. The van der Waals surface area contributed by atoms with Crippen LogP contribution in [0.15, 0.2) is 67.0 Å². The molecule has 0 radical (unpaired) electrons. The number of alkyl halides is 3. The van der Waals surface area contributed by atoms with Crippen LogP contribution >= 0.6 is 11.6 Å². The van der Waals surface area contributed by atoms with E-state index in [1.807, 2.05) is 0 Å². The molecule has 8 nitrogen and oxygen atoms in total. The molecule has 2 heterocycles. The Bertz CT molecular complexity index is 1390. The van der Waals surface area contributed by atoms with E-state index in [-0.39, 0.29) is 12.2 Å². The minimum atomic E-state index is -4.86. The molecule has 5 rings (SSSR count). The molecule has 1 N–H and O–H groups in total. The summed E-state index contributed by atoms with van der Waals surface area (Å²) < 4.78 is 41.3. The predicted molar refractivity (Wildman–Crippen MR) is 127 cm³/mol. The summed E-state index contributed by atoms with van der Waals surface area (Å²) >= 11 is 5.98. The van der Waals surface area contributed by atoms with Crippen molar-refractivity contribution >= 4 is 40.8 Å². The van der Waals surface area contributed by atoms with E-state index in [4.69, 9.17) is 11.6 Å². The van der Waals surface area contributed by atoms with Gasteiger partial charge in [0.2, 0.25) is 0 Å². The van der Waals surface area contributed by atoms with Crippen LogP contribution in [0.1, 0.15) is 28.8 Å². The lowest BCUT2D eigenvalue weighted by molar-refractivity contribution is -0.274. The van der Waals surface area contributed by atoms with E-state index in [2.05, 4.69) is 15.0 Å². The molecule has 1 aliphatic carbocycles. The van der Waals surface area contributed by atoms with Crippen molar-refractivity contribution in [2.45, 2.75) is 31.3 Å². The maximum atomic E-state index is 13.4. The number of hydrogen-bond acceptors (Lipinski definition) is 5. The molecular weight excluding hydrogens is 513 g/mol. The van der Waals surface area contributed by atoms with Crippen molar-refractivity contribution in [3.8, 4) is 5.75 Å². The number of imide groups is 1. The van der Waals surface area contributed by atoms with Gasteiger partial charge in [-0.2, -0.15) is 0 Å². The molecule has 190 valence electrons. The number of pyridine rings is 1. The Morgan fingerprint density at radius 3 is 2.49 bits per heavy atom. The van der Waals surface area contributed by atoms with Gasteiger partial charge in [0.05, 0.1) is 24.1 Å². The summed E-state index contributed by atoms with van der Waals surface area (Å²) in [7, 11) is 0. The van der Waals surface area contributed by atoms with Gasteiger partial charge in [-0.25, -0.2) is 9.69 Å². The largest absolute Gasteiger partial charge is 0.573 e. The minimum Gasteiger partial charge on any atom is -0.406 e. The van der Waals surface area contributed by atoms with Crippen molar-refractivity contribution in [3.63, 3.8) is 0 Å². The molecule has 4 amide bonds. The van der Waals surface area contributed by atoms with E-state index >= 15 is 0 Å². The Morgan fingerprint density at radius 2 is 1.84 bits per heavy atom. The Hall–Kier alpha value is -4.12. The van der Waals surface area contributed by atoms with Gasteiger partial charge >= 0.3 is 12.4 Å². The van der Waals surface area contributed by atoms with Gasteiger partial charge < -0.3 is 15.0 Å². The quantitative estimate of drug-likeness (QED) is 0.432. The Morgan fingerprint density at radius 1 is 1.11 bits per heavy atom. The number of carbonyl (C=O) groups is 3. The lowest BCUT2D eigenvalue weighted by Crippen LogP contribution is -2.36. The number of urea groups is 1. The molecule has 2 fully saturated rings.